The lowest BCUT2D eigenvalue weighted by Gasteiger charge is -2.18. The van der Waals surface area contributed by atoms with E-state index < -0.39 is 47.4 Å². The molecule has 5 nitrogen and oxygen atoms in total. The average Bonchev–Trinajstić information content (AvgIpc) is 3.13. The number of sulfone groups is 1. The first kappa shape index (κ1) is 23.9. The Morgan fingerprint density at radius 3 is 2.15 bits per heavy atom. The van der Waals surface area contributed by atoms with Crippen molar-refractivity contribution in [2.75, 3.05) is 0 Å². The highest BCUT2D eigenvalue weighted by molar-refractivity contribution is 9.10. The molecule has 0 fully saturated rings. The molecule has 0 aromatic heterocycles. The third kappa shape index (κ3) is 4.86. The third-order valence-corrected chi connectivity index (χ3v) is 9.16. The molecular weight excluding hydrogens is 543 g/mol. The Kier molecular flexibility index (Phi) is 6.19. The molecule has 0 unspecified atom stereocenters. The van der Waals surface area contributed by atoms with Crippen LogP contribution in [-0.2, 0) is 38.9 Å². The van der Waals surface area contributed by atoms with Gasteiger partial charge in [-0.2, -0.15) is 13.2 Å². The number of halogens is 4. The molecule has 0 bridgehead atoms. The number of nitrogens with one attached hydrogen (secondary N) is 1. The van der Waals surface area contributed by atoms with Crippen molar-refractivity contribution in [1.29, 1.82) is 0 Å². The second-order valence-corrected chi connectivity index (χ2v) is 12.2. The molecule has 3 aromatic rings. The van der Waals surface area contributed by atoms with Crippen LogP contribution in [0.25, 0.3) is 0 Å². The summed E-state index contributed by atoms with van der Waals surface area (Å²) in [6.45, 7) is 0. The van der Waals surface area contributed by atoms with Crippen LogP contribution in [0, 0.1) is 0 Å². The Bertz CT molecular complexity index is 1420. The predicted molar refractivity (Wildman–Crippen MR) is 119 cm³/mol. The SMILES string of the molecule is O=S(=O)(N[C@H]1Cc2ccc(Br)cc2C1)c1cc(S(=O)(=O)c2ccccc2)ccc1C(F)(F)F. The topological polar surface area (TPSA) is 80.3 Å². The van der Waals surface area contributed by atoms with Gasteiger partial charge in [-0.05, 0) is 66.4 Å². The molecule has 1 aliphatic rings. The number of fused-ring (bicyclic) bond motifs is 1. The summed E-state index contributed by atoms with van der Waals surface area (Å²) in [7, 11) is -8.92. The number of alkyl halides is 3. The Morgan fingerprint density at radius 2 is 1.48 bits per heavy atom. The Labute approximate surface area is 197 Å². The van der Waals surface area contributed by atoms with Gasteiger partial charge in [-0.3, -0.25) is 0 Å². The standard InChI is InChI=1S/C22H17BrF3NO4S2/c23-16-7-6-14-11-17(12-15(14)10-16)27-33(30,31)21-13-19(8-9-20(21)22(24,25)26)32(28,29)18-4-2-1-3-5-18/h1-10,13,17,27H,11-12H2/t17-/m0/s1. The Morgan fingerprint density at radius 1 is 0.818 bits per heavy atom. The van der Waals surface area contributed by atoms with Crippen LogP contribution in [0.5, 0.6) is 0 Å². The number of hydrogen-bond acceptors (Lipinski definition) is 4. The Balaban J connectivity index is 1.74. The molecule has 0 spiro atoms. The largest absolute Gasteiger partial charge is 0.417 e. The molecule has 0 radical (unpaired) electrons. The lowest BCUT2D eigenvalue weighted by Crippen LogP contribution is -2.36. The van der Waals surface area contributed by atoms with Crippen molar-refractivity contribution < 1.29 is 30.0 Å². The van der Waals surface area contributed by atoms with E-state index in [1.807, 2.05) is 12.1 Å². The fourth-order valence-corrected chi connectivity index (χ4v) is 7.09. The third-order valence-electron chi connectivity index (χ3n) is 5.33. The van der Waals surface area contributed by atoms with Gasteiger partial charge < -0.3 is 0 Å². The molecule has 4 rings (SSSR count). The van der Waals surface area contributed by atoms with Crippen LogP contribution in [0.15, 0.2) is 85.9 Å². The van der Waals surface area contributed by atoms with Gasteiger partial charge in [0, 0.05) is 10.5 Å². The lowest BCUT2D eigenvalue weighted by molar-refractivity contribution is -0.139. The number of rotatable bonds is 5. The van der Waals surface area contributed by atoms with E-state index in [0.29, 0.717) is 25.0 Å². The summed E-state index contributed by atoms with van der Waals surface area (Å²) >= 11 is 3.34. The summed E-state index contributed by atoms with van der Waals surface area (Å²) in [5.41, 5.74) is 0.344. The molecule has 0 saturated heterocycles. The van der Waals surface area contributed by atoms with Gasteiger partial charge in [0.1, 0.15) is 0 Å². The van der Waals surface area contributed by atoms with Crippen LogP contribution in [-0.4, -0.2) is 22.9 Å². The predicted octanol–water partition coefficient (Wildman–Crippen LogP) is 4.75. The second kappa shape index (κ2) is 8.53. The number of hydrogen-bond donors (Lipinski definition) is 1. The summed E-state index contributed by atoms with van der Waals surface area (Å²) in [4.78, 5) is -1.82. The van der Waals surface area contributed by atoms with E-state index >= 15 is 0 Å². The summed E-state index contributed by atoms with van der Waals surface area (Å²) < 4.78 is 96.1. The van der Waals surface area contributed by atoms with Gasteiger partial charge in [-0.15, -0.1) is 0 Å². The first-order valence-electron chi connectivity index (χ1n) is 9.69. The van der Waals surface area contributed by atoms with Crippen LogP contribution in [0.1, 0.15) is 16.7 Å². The van der Waals surface area contributed by atoms with E-state index in [0.717, 1.165) is 21.7 Å². The molecule has 0 heterocycles. The van der Waals surface area contributed by atoms with Crippen LogP contribution >= 0.6 is 15.9 Å². The zero-order chi connectivity index (χ0) is 24.0. The van der Waals surface area contributed by atoms with Gasteiger partial charge in [0.25, 0.3) is 0 Å². The van der Waals surface area contributed by atoms with Crippen molar-refractivity contribution in [2.24, 2.45) is 0 Å². The maximum Gasteiger partial charge on any atom is 0.417 e. The summed E-state index contributed by atoms with van der Waals surface area (Å²) in [6, 6.07) is 13.7. The highest BCUT2D eigenvalue weighted by Gasteiger charge is 2.39. The fraction of sp³-hybridized carbons (Fsp3) is 0.182. The second-order valence-electron chi connectivity index (χ2n) is 7.61. The smallest absolute Gasteiger partial charge is 0.219 e. The Hall–Kier alpha value is -2.21. The van der Waals surface area contributed by atoms with E-state index in [1.165, 1.54) is 24.3 Å². The van der Waals surface area contributed by atoms with E-state index in [1.54, 1.807) is 12.1 Å². The van der Waals surface area contributed by atoms with E-state index in [-0.39, 0.29) is 4.90 Å². The van der Waals surface area contributed by atoms with Gasteiger partial charge >= 0.3 is 6.18 Å². The van der Waals surface area contributed by atoms with Crippen molar-refractivity contribution in [3.05, 3.63) is 87.9 Å². The van der Waals surface area contributed by atoms with Crippen LogP contribution < -0.4 is 4.72 Å². The first-order valence-corrected chi connectivity index (χ1v) is 13.4. The van der Waals surface area contributed by atoms with Gasteiger partial charge in [-0.25, -0.2) is 21.6 Å². The molecule has 11 heteroatoms. The van der Waals surface area contributed by atoms with E-state index in [4.69, 9.17) is 0 Å². The minimum absolute atomic E-state index is 0.155. The molecule has 1 N–H and O–H groups in total. The van der Waals surface area contributed by atoms with E-state index in [2.05, 4.69) is 20.7 Å². The molecule has 3 aromatic carbocycles. The molecule has 0 amide bonds. The van der Waals surface area contributed by atoms with Gasteiger partial charge in [0.05, 0.1) is 20.2 Å². The molecule has 33 heavy (non-hydrogen) atoms. The normalized spacial score (nSPS) is 16.5. The zero-order valence-electron chi connectivity index (χ0n) is 16.8. The summed E-state index contributed by atoms with van der Waals surface area (Å²) in [5.74, 6) is 0. The van der Waals surface area contributed by atoms with Gasteiger partial charge in [-0.1, -0.05) is 40.2 Å². The van der Waals surface area contributed by atoms with Crippen molar-refractivity contribution >= 4 is 35.8 Å². The summed E-state index contributed by atoms with van der Waals surface area (Å²) in [6.07, 6.45) is -4.38. The van der Waals surface area contributed by atoms with E-state index in [9.17, 15) is 30.0 Å². The van der Waals surface area contributed by atoms with Gasteiger partial charge in [0.2, 0.25) is 19.9 Å². The molecule has 1 aliphatic carbocycles. The van der Waals surface area contributed by atoms with Crippen molar-refractivity contribution in [2.45, 2.75) is 39.7 Å². The van der Waals surface area contributed by atoms with Crippen molar-refractivity contribution in [1.82, 2.24) is 4.72 Å². The average molecular weight is 560 g/mol. The molecule has 1 atom stereocenters. The lowest BCUT2D eigenvalue weighted by atomic mass is 10.1. The molecule has 0 saturated carbocycles. The highest BCUT2D eigenvalue weighted by Crippen LogP contribution is 2.37. The van der Waals surface area contributed by atoms with Crippen LogP contribution in [0.3, 0.4) is 0 Å². The van der Waals surface area contributed by atoms with Crippen molar-refractivity contribution in [3.8, 4) is 0 Å². The summed E-state index contributed by atoms with van der Waals surface area (Å²) in [5, 5.41) is 0. The molecular formula is C22H17BrF3NO4S2. The molecule has 174 valence electrons. The highest BCUT2D eigenvalue weighted by atomic mass is 79.9. The van der Waals surface area contributed by atoms with Crippen LogP contribution in [0.4, 0.5) is 13.2 Å². The monoisotopic (exact) mass is 559 g/mol. The van der Waals surface area contributed by atoms with Crippen molar-refractivity contribution in [3.63, 3.8) is 0 Å². The fourth-order valence-electron chi connectivity index (χ4n) is 3.82. The molecule has 0 aliphatic heterocycles. The minimum Gasteiger partial charge on any atom is -0.219 e. The maximum atomic E-state index is 13.7. The quantitative estimate of drug-likeness (QED) is 0.489. The van der Waals surface area contributed by atoms with Crippen LogP contribution in [0.2, 0.25) is 0 Å². The maximum absolute atomic E-state index is 13.7. The minimum atomic E-state index is -5.00. The van der Waals surface area contributed by atoms with Gasteiger partial charge in [0.15, 0.2) is 0 Å². The number of benzene rings is 3. The number of sulfonamides is 1. The zero-order valence-corrected chi connectivity index (χ0v) is 20.0. The first-order chi connectivity index (χ1) is 15.4.